The smallest absolute Gasteiger partial charge is 1.00 e. The second-order valence-electron chi connectivity index (χ2n) is 0. The molecule has 0 saturated carbocycles. The van der Waals surface area contributed by atoms with Gasteiger partial charge in [0.2, 0.25) is 0 Å². The first-order valence-electron chi connectivity index (χ1n) is 0. The molecule has 0 amide bonds. The Morgan fingerprint density at radius 3 is 0.333 bits per heavy atom. The molecule has 0 aromatic rings. The first-order valence-corrected chi connectivity index (χ1v) is 0. The molecule has 0 nitrogen and oxygen atoms in total. The van der Waals surface area contributed by atoms with Crippen LogP contribution in [-0.2, 0) is 0 Å². The van der Waals surface area contributed by atoms with E-state index in [1.54, 1.807) is 0 Å². The SMILES string of the molecule is [Cl-].[Cl-].[Cl-].[Rb+].[Rb+].[Rb+]. The Kier molecular flexibility index (Phi) is 199. The Labute approximate surface area is 204 Å². The molecule has 0 N–H and O–H groups in total. The van der Waals surface area contributed by atoms with Gasteiger partial charge in [-0.05, 0) is 0 Å². The zero-order valence-corrected chi connectivity index (χ0v) is 21.1. The third kappa shape index (κ3) is 22.4. The predicted molar refractivity (Wildman–Crippen MR) is 0 cm³/mol. The van der Waals surface area contributed by atoms with Crippen molar-refractivity contribution < 1.29 is 212 Å². The molecule has 0 atom stereocenters. The minimum Gasteiger partial charge on any atom is -1.00 e. The van der Waals surface area contributed by atoms with Gasteiger partial charge < -0.3 is 37.2 Å². The molecule has 0 aromatic carbocycles. The molecular formula is Cl3Rb3. The summed E-state index contributed by atoms with van der Waals surface area (Å²) in [4.78, 5) is 0. The van der Waals surface area contributed by atoms with Crippen molar-refractivity contribution >= 4 is 0 Å². The predicted octanol–water partition coefficient (Wildman–Crippen LogP) is -18.0. The largest absolute Gasteiger partial charge is 1.00 e. The van der Waals surface area contributed by atoms with Crippen LogP contribution in [0.25, 0.3) is 0 Å². The third-order valence-electron chi connectivity index (χ3n) is 0. The molecule has 6 heavy (non-hydrogen) atoms. The number of hydrogen-bond donors (Lipinski definition) is 0. The van der Waals surface area contributed by atoms with Crippen LogP contribution in [0.15, 0.2) is 0 Å². The summed E-state index contributed by atoms with van der Waals surface area (Å²) < 4.78 is 0. The zero-order chi connectivity index (χ0) is 0. The first kappa shape index (κ1) is 39.6. The monoisotopic (exact) mass is 360 g/mol. The summed E-state index contributed by atoms with van der Waals surface area (Å²) in [7, 11) is 0. The molecule has 0 rings (SSSR count). The Bertz CT molecular complexity index is 6.00. The maximum atomic E-state index is 0. The van der Waals surface area contributed by atoms with E-state index in [1.165, 1.54) is 0 Å². The van der Waals surface area contributed by atoms with E-state index >= 15 is 0 Å². The van der Waals surface area contributed by atoms with Gasteiger partial charge in [-0.2, -0.15) is 0 Å². The van der Waals surface area contributed by atoms with E-state index in [1.807, 2.05) is 0 Å². The topological polar surface area (TPSA) is 0 Å². The van der Waals surface area contributed by atoms with E-state index in [9.17, 15) is 0 Å². The molecule has 0 aliphatic heterocycles. The fraction of sp³-hybridized carbons (Fsp3) is 0. The van der Waals surface area contributed by atoms with Gasteiger partial charge >= 0.3 is 175 Å². The van der Waals surface area contributed by atoms with Crippen molar-refractivity contribution in [2.24, 2.45) is 0 Å². The van der Waals surface area contributed by atoms with Crippen molar-refractivity contribution in [2.45, 2.75) is 0 Å². The van der Waals surface area contributed by atoms with E-state index < -0.39 is 0 Å². The van der Waals surface area contributed by atoms with Gasteiger partial charge in [0.05, 0.1) is 0 Å². The van der Waals surface area contributed by atoms with Gasteiger partial charge in [0, 0.05) is 0 Å². The summed E-state index contributed by atoms with van der Waals surface area (Å²) in [5.74, 6) is 0. The summed E-state index contributed by atoms with van der Waals surface area (Å²) in [6, 6.07) is 0. The molecule has 0 fully saturated rings. The van der Waals surface area contributed by atoms with Gasteiger partial charge in [0.15, 0.2) is 0 Å². The van der Waals surface area contributed by atoms with Crippen molar-refractivity contribution in [2.75, 3.05) is 0 Å². The molecule has 0 heterocycles. The van der Waals surface area contributed by atoms with Gasteiger partial charge in [0.25, 0.3) is 0 Å². The van der Waals surface area contributed by atoms with Crippen molar-refractivity contribution in [1.29, 1.82) is 0 Å². The maximum Gasteiger partial charge on any atom is 1.00 e. The van der Waals surface area contributed by atoms with Crippen LogP contribution in [-0.4, -0.2) is 0 Å². The third-order valence-corrected chi connectivity index (χ3v) is 0. The summed E-state index contributed by atoms with van der Waals surface area (Å²) in [6.07, 6.45) is 0. The molecular weight excluding hydrogens is 363 g/mol. The van der Waals surface area contributed by atoms with Gasteiger partial charge in [-0.15, -0.1) is 0 Å². The quantitative estimate of drug-likeness (QED) is 0.401. The van der Waals surface area contributed by atoms with Crippen LogP contribution in [0.4, 0.5) is 0 Å². The van der Waals surface area contributed by atoms with Crippen molar-refractivity contribution in [3.05, 3.63) is 0 Å². The molecule has 0 aliphatic carbocycles. The average Bonchev–Trinajstić information content (AvgIpc) is 0. The Morgan fingerprint density at radius 1 is 0.333 bits per heavy atom. The standard InChI is InChI=1S/3ClH.3Rb/h3*1H;;;/q;;;3*+1/p-3. The Balaban J connectivity index is 0. The molecule has 0 aromatic heterocycles. The average molecular weight is 363 g/mol. The Hall–Kier alpha value is 6.29. The van der Waals surface area contributed by atoms with Crippen molar-refractivity contribution in [3.8, 4) is 0 Å². The summed E-state index contributed by atoms with van der Waals surface area (Å²) in [6.45, 7) is 0. The van der Waals surface area contributed by atoms with E-state index in [0.29, 0.717) is 0 Å². The number of hydrogen-bond acceptors (Lipinski definition) is 0. The molecule has 0 spiro atoms. The minimum absolute atomic E-state index is 0. The van der Waals surface area contributed by atoms with Crippen LogP contribution >= 0.6 is 0 Å². The van der Waals surface area contributed by atoms with E-state index in [4.69, 9.17) is 0 Å². The van der Waals surface area contributed by atoms with E-state index in [2.05, 4.69) is 0 Å². The van der Waals surface area contributed by atoms with Crippen LogP contribution in [0, 0.1) is 0 Å². The first-order chi connectivity index (χ1) is 0. The Morgan fingerprint density at radius 2 is 0.333 bits per heavy atom. The van der Waals surface area contributed by atoms with Crippen LogP contribution in [0.5, 0.6) is 0 Å². The maximum absolute atomic E-state index is 0. The number of halogens is 3. The molecule has 0 bridgehead atoms. The number of rotatable bonds is 0. The summed E-state index contributed by atoms with van der Waals surface area (Å²) in [5, 5.41) is 0. The van der Waals surface area contributed by atoms with Gasteiger partial charge in [-0.1, -0.05) is 0 Å². The fourth-order valence-corrected chi connectivity index (χ4v) is 0. The second-order valence-corrected chi connectivity index (χ2v) is 0. The summed E-state index contributed by atoms with van der Waals surface area (Å²) in [5.41, 5.74) is 0. The molecule has 0 radical (unpaired) electrons. The minimum atomic E-state index is 0. The van der Waals surface area contributed by atoms with Crippen LogP contribution < -0.4 is 212 Å². The molecule has 0 saturated heterocycles. The molecule has 0 unspecified atom stereocenters. The molecule has 6 heteroatoms. The van der Waals surface area contributed by atoms with Gasteiger partial charge in [0.1, 0.15) is 0 Å². The fourth-order valence-electron chi connectivity index (χ4n) is 0. The second kappa shape index (κ2) is 30.2. The van der Waals surface area contributed by atoms with Crippen molar-refractivity contribution in [3.63, 3.8) is 0 Å². The van der Waals surface area contributed by atoms with Gasteiger partial charge in [-0.3, -0.25) is 0 Å². The zero-order valence-electron chi connectivity index (χ0n) is 4.13. The van der Waals surface area contributed by atoms with Crippen molar-refractivity contribution in [1.82, 2.24) is 0 Å². The van der Waals surface area contributed by atoms with Crippen LogP contribution in [0.3, 0.4) is 0 Å². The molecule has 24 valence electrons. The van der Waals surface area contributed by atoms with E-state index in [0.717, 1.165) is 0 Å². The van der Waals surface area contributed by atoms with Crippen LogP contribution in [0.1, 0.15) is 0 Å². The molecule has 0 aliphatic rings. The van der Waals surface area contributed by atoms with Crippen LogP contribution in [0.2, 0.25) is 0 Å². The van der Waals surface area contributed by atoms with E-state index in [-0.39, 0.29) is 212 Å². The summed E-state index contributed by atoms with van der Waals surface area (Å²) >= 11 is 0. The normalized spacial score (nSPS) is 0. The van der Waals surface area contributed by atoms with Gasteiger partial charge in [-0.25, -0.2) is 0 Å².